The molecule has 128 valence electrons. The van der Waals surface area contributed by atoms with Gasteiger partial charge in [0.2, 0.25) is 5.91 Å². The minimum Gasteiger partial charge on any atom is -0.497 e. The van der Waals surface area contributed by atoms with E-state index in [1.165, 1.54) is 6.07 Å². The van der Waals surface area contributed by atoms with E-state index < -0.39 is 15.6 Å². The maximum atomic E-state index is 12.6. The third-order valence-electron chi connectivity index (χ3n) is 3.96. The van der Waals surface area contributed by atoms with Crippen molar-refractivity contribution >= 4 is 33.0 Å². The predicted octanol–water partition coefficient (Wildman–Crippen LogP) is 2.51. The summed E-state index contributed by atoms with van der Waals surface area (Å²) in [6, 6.07) is 8.49. The number of sulfonamides is 1. The molecule has 24 heavy (non-hydrogen) atoms. The van der Waals surface area contributed by atoms with Crippen LogP contribution in [0, 0.1) is 6.92 Å². The van der Waals surface area contributed by atoms with Crippen LogP contribution in [0.25, 0.3) is 0 Å². The average molecular weight is 366 g/mol. The number of anilines is 1. The molecule has 0 saturated heterocycles. The molecule has 1 aliphatic rings. The molecule has 1 fully saturated rings. The molecule has 3 rings (SSSR count). The van der Waals surface area contributed by atoms with Gasteiger partial charge in [-0.25, -0.2) is 8.42 Å². The summed E-state index contributed by atoms with van der Waals surface area (Å²) in [5.74, 6) is 0.362. The van der Waals surface area contributed by atoms with Gasteiger partial charge in [-0.1, -0.05) is 6.07 Å². The molecule has 1 saturated carbocycles. The van der Waals surface area contributed by atoms with Gasteiger partial charge in [-0.05, 0) is 55.0 Å². The minimum atomic E-state index is -3.68. The zero-order valence-corrected chi connectivity index (χ0v) is 15.0. The Kier molecular flexibility index (Phi) is 4.37. The molecule has 0 radical (unpaired) electrons. The van der Waals surface area contributed by atoms with E-state index in [-0.39, 0.29) is 10.1 Å². The Labute approximate surface area is 144 Å². The fourth-order valence-electron chi connectivity index (χ4n) is 2.37. The maximum absolute atomic E-state index is 12.6. The van der Waals surface area contributed by atoms with Crippen LogP contribution in [-0.2, 0) is 14.8 Å². The Morgan fingerprint density at radius 2 is 2.04 bits per heavy atom. The number of thiophene rings is 1. The lowest BCUT2D eigenvalue weighted by Gasteiger charge is -2.18. The van der Waals surface area contributed by atoms with Crippen LogP contribution in [0.1, 0.15) is 18.4 Å². The SMILES string of the molecule is COc1ccc(NC(=O)C2(NS(=O)(=O)c3cccs3)CC2)c(C)c1. The summed E-state index contributed by atoms with van der Waals surface area (Å²) >= 11 is 1.12. The van der Waals surface area contributed by atoms with Crippen LogP contribution in [0.2, 0.25) is 0 Å². The molecule has 2 aromatic rings. The first-order valence-corrected chi connectivity index (χ1v) is 9.76. The molecule has 1 aromatic heterocycles. The van der Waals surface area contributed by atoms with Gasteiger partial charge in [0, 0.05) is 5.69 Å². The molecule has 1 heterocycles. The lowest BCUT2D eigenvalue weighted by molar-refractivity contribution is -0.118. The van der Waals surface area contributed by atoms with E-state index in [1.54, 1.807) is 30.7 Å². The van der Waals surface area contributed by atoms with Crippen LogP contribution in [0.5, 0.6) is 5.75 Å². The largest absolute Gasteiger partial charge is 0.497 e. The molecule has 8 heteroatoms. The second-order valence-corrected chi connectivity index (χ2v) is 8.61. The first-order chi connectivity index (χ1) is 11.4. The summed E-state index contributed by atoms with van der Waals surface area (Å²) < 4.78 is 32.6. The lowest BCUT2D eigenvalue weighted by Crippen LogP contribution is -2.45. The quantitative estimate of drug-likeness (QED) is 0.823. The Bertz CT molecular complexity index is 856. The molecule has 1 aromatic carbocycles. The number of carbonyl (C=O) groups excluding carboxylic acids is 1. The summed E-state index contributed by atoms with van der Waals surface area (Å²) in [5, 5.41) is 4.50. The van der Waals surface area contributed by atoms with Crippen molar-refractivity contribution in [3.8, 4) is 5.75 Å². The second kappa shape index (κ2) is 6.19. The Morgan fingerprint density at radius 3 is 2.58 bits per heavy atom. The molecule has 0 aliphatic heterocycles. The van der Waals surface area contributed by atoms with E-state index >= 15 is 0 Å². The molecule has 0 bridgehead atoms. The van der Waals surface area contributed by atoms with Crippen LogP contribution in [0.15, 0.2) is 39.9 Å². The molecule has 0 spiro atoms. The van der Waals surface area contributed by atoms with E-state index in [0.717, 1.165) is 16.9 Å². The van der Waals surface area contributed by atoms with Gasteiger partial charge in [-0.3, -0.25) is 4.79 Å². The zero-order chi connectivity index (χ0) is 17.4. The van der Waals surface area contributed by atoms with Gasteiger partial charge in [-0.2, -0.15) is 4.72 Å². The lowest BCUT2D eigenvalue weighted by atomic mass is 10.1. The molecule has 1 aliphatic carbocycles. The highest BCUT2D eigenvalue weighted by molar-refractivity contribution is 7.91. The molecule has 6 nitrogen and oxygen atoms in total. The highest BCUT2D eigenvalue weighted by Gasteiger charge is 2.53. The highest BCUT2D eigenvalue weighted by atomic mass is 32.2. The number of amides is 1. The van der Waals surface area contributed by atoms with E-state index in [0.29, 0.717) is 24.3 Å². The summed E-state index contributed by atoms with van der Waals surface area (Å²) in [6.07, 6.45) is 0.970. The van der Waals surface area contributed by atoms with Gasteiger partial charge >= 0.3 is 0 Å². The molecular formula is C16H18N2O4S2. The first-order valence-electron chi connectivity index (χ1n) is 7.40. The Balaban J connectivity index is 1.75. The first kappa shape index (κ1) is 16.9. The summed E-state index contributed by atoms with van der Waals surface area (Å²) in [4.78, 5) is 12.6. The Hall–Kier alpha value is -1.90. The van der Waals surface area contributed by atoms with Crippen LogP contribution in [0.3, 0.4) is 0 Å². The predicted molar refractivity (Wildman–Crippen MR) is 93.0 cm³/mol. The molecule has 0 atom stereocenters. The highest BCUT2D eigenvalue weighted by Crippen LogP contribution is 2.39. The van der Waals surface area contributed by atoms with E-state index in [9.17, 15) is 13.2 Å². The smallest absolute Gasteiger partial charge is 0.251 e. The summed E-state index contributed by atoms with van der Waals surface area (Å²) in [6.45, 7) is 1.85. The molecule has 1 amide bonds. The van der Waals surface area contributed by atoms with Crippen molar-refractivity contribution in [3.05, 3.63) is 41.3 Å². The number of aryl methyl sites for hydroxylation is 1. The zero-order valence-electron chi connectivity index (χ0n) is 13.3. The third-order valence-corrected chi connectivity index (χ3v) is 6.89. The number of hydrogen-bond acceptors (Lipinski definition) is 5. The van der Waals surface area contributed by atoms with Crippen molar-refractivity contribution in [1.29, 1.82) is 0 Å². The number of ether oxygens (including phenoxy) is 1. The van der Waals surface area contributed by atoms with Crippen molar-refractivity contribution in [2.75, 3.05) is 12.4 Å². The molecule has 0 unspecified atom stereocenters. The van der Waals surface area contributed by atoms with Gasteiger partial charge in [0.05, 0.1) is 7.11 Å². The molecule has 2 N–H and O–H groups in total. The van der Waals surface area contributed by atoms with E-state index in [1.807, 2.05) is 13.0 Å². The van der Waals surface area contributed by atoms with Gasteiger partial charge in [-0.15, -0.1) is 11.3 Å². The summed E-state index contributed by atoms with van der Waals surface area (Å²) in [5.41, 5.74) is 0.428. The number of carbonyl (C=O) groups is 1. The van der Waals surface area contributed by atoms with E-state index in [4.69, 9.17) is 4.74 Å². The minimum absolute atomic E-state index is 0.210. The van der Waals surface area contributed by atoms with E-state index in [2.05, 4.69) is 10.0 Å². The van der Waals surface area contributed by atoms with Crippen molar-refractivity contribution in [3.63, 3.8) is 0 Å². The van der Waals surface area contributed by atoms with Crippen molar-refractivity contribution in [2.24, 2.45) is 0 Å². The van der Waals surface area contributed by atoms with Crippen LogP contribution in [0.4, 0.5) is 5.69 Å². The maximum Gasteiger partial charge on any atom is 0.251 e. The monoisotopic (exact) mass is 366 g/mol. The van der Waals surface area contributed by atoms with Crippen LogP contribution < -0.4 is 14.8 Å². The van der Waals surface area contributed by atoms with Crippen molar-refractivity contribution < 1.29 is 17.9 Å². The number of methoxy groups -OCH3 is 1. The van der Waals surface area contributed by atoms with Crippen LogP contribution in [-0.4, -0.2) is 27.0 Å². The Morgan fingerprint density at radius 1 is 1.29 bits per heavy atom. The van der Waals surface area contributed by atoms with Gasteiger partial charge in [0.25, 0.3) is 10.0 Å². The molecular weight excluding hydrogens is 348 g/mol. The number of nitrogens with one attached hydrogen (secondary N) is 2. The fourth-order valence-corrected chi connectivity index (χ4v) is 4.79. The summed E-state index contributed by atoms with van der Waals surface area (Å²) in [7, 11) is -2.11. The normalized spacial score (nSPS) is 15.8. The van der Waals surface area contributed by atoms with Gasteiger partial charge < -0.3 is 10.1 Å². The topological polar surface area (TPSA) is 84.5 Å². The van der Waals surface area contributed by atoms with Crippen molar-refractivity contribution in [1.82, 2.24) is 4.72 Å². The van der Waals surface area contributed by atoms with Crippen LogP contribution >= 0.6 is 11.3 Å². The van der Waals surface area contributed by atoms with Crippen molar-refractivity contribution in [2.45, 2.75) is 29.5 Å². The van der Waals surface area contributed by atoms with Gasteiger partial charge in [0.1, 0.15) is 15.5 Å². The second-order valence-electron chi connectivity index (χ2n) is 5.75. The third kappa shape index (κ3) is 3.31. The number of hydrogen-bond donors (Lipinski definition) is 2. The number of benzene rings is 1. The number of rotatable bonds is 6. The van der Waals surface area contributed by atoms with Gasteiger partial charge in [0.15, 0.2) is 0 Å². The fraction of sp³-hybridized carbons (Fsp3) is 0.312. The standard InChI is InChI=1S/C16H18N2O4S2/c1-11-10-12(22-2)5-6-13(11)17-15(19)16(7-8-16)18-24(20,21)14-4-3-9-23-14/h3-6,9-10,18H,7-8H2,1-2H3,(H,17,19). The average Bonchev–Trinajstić information content (AvgIpc) is 3.10.